The highest BCUT2D eigenvalue weighted by molar-refractivity contribution is 6.30. The first kappa shape index (κ1) is 18.7. The summed E-state index contributed by atoms with van der Waals surface area (Å²) in [5.41, 5.74) is 3.96. The van der Waals surface area contributed by atoms with Crippen molar-refractivity contribution < 1.29 is 4.79 Å². The second-order valence-electron chi connectivity index (χ2n) is 5.31. The Balaban J connectivity index is 0.00000109. The highest BCUT2D eigenvalue weighted by Crippen LogP contribution is 2.29. The first-order valence-corrected chi connectivity index (χ1v) is 8.59. The fourth-order valence-electron chi connectivity index (χ4n) is 2.49. The topological polar surface area (TPSA) is 46.9 Å². The maximum absolute atomic E-state index is 12.5. The number of aryl methyl sites for hydroxylation is 2. The van der Waals surface area contributed by atoms with Crippen molar-refractivity contribution in [2.75, 3.05) is 5.32 Å². The van der Waals surface area contributed by atoms with Gasteiger partial charge in [-0.25, -0.2) is 0 Å². The molecule has 1 amide bonds. The Bertz CT molecular complexity index is 854. The van der Waals surface area contributed by atoms with Gasteiger partial charge >= 0.3 is 0 Å². The molecular weight excluding hydrogens is 334 g/mol. The minimum absolute atomic E-state index is 0.169. The third-order valence-electron chi connectivity index (χ3n) is 3.59. The van der Waals surface area contributed by atoms with Crippen molar-refractivity contribution in [1.29, 1.82) is 0 Å². The number of nitrogens with zero attached hydrogens (tertiary/aromatic N) is 2. The number of benzene rings is 2. The van der Waals surface area contributed by atoms with E-state index in [4.69, 9.17) is 11.6 Å². The number of carbonyl (C=O) groups is 1. The number of carbonyl (C=O) groups excluding carboxylic acids is 1. The van der Waals surface area contributed by atoms with Crippen LogP contribution in [0.2, 0.25) is 5.02 Å². The molecule has 130 valence electrons. The molecule has 5 heteroatoms. The van der Waals surface area contributed by atoms with Gasteiger partial charge in [-0.15, -0.1) is 0 Å². The molecule has 1 heterocycles. The summed E-state index contributed by atoms with van der Waals surface area (Å²) in [7, 11) is 1.80. The normalized spacial score (nSPS) is 9.96. The Morgan fingerprint density at radius 3 is 2.32 bits per heavy atom. The number of anilines is 1. The standard InChI is InChI=1S/C18H16ClN3O.C2H6/c1-12-16(11-22(2)21-12)18(23)20-17-6-4-3-5-15(17)13-7-9-14(19)10-8-13;1-2/h3-11H,1-2H3,(H,20,23);1-2H3. The number of amides is 1. The largest absolute Gasteiger partial charge is 0.321 e. The molecular formula is C20H22ClN3O. The van der Waals surface area contributed by atoms with E-state index in [-0.39, 0.29) is 5.91 Å². The smallest absolute Gasteiger partial charge is 0.259 e. The molecule has 0 aliphatic heterocycles. The molecule has 1 N–H and O–H groups in total. The molecule has 0 unspecified atom stereocenters. The first-order valence-electron chi connectivity index (χ1n) is 8.21. The van der Waals surface area contributed by atoms with Crippen LogP contribution >= 0.6 is 11.6 Å². The van der Waals surface area contributed by atoms with Crippen molar-refractivity contribution in [3.63, 3.8) is 0 Å². The first-order chi connectivity index (χ1) is 12.0. The van der Waals surface area contributed by atoms with Crippen LogP contribution in [-0.2, 0) is 7.05 Å². The molecule has 0 saturated heterocycles. The number of halogens is 1. The number of hydrogen-bond acceptors (Lipinski definition) is 2. The van der Waals surface area contributed by atoms with Gasteiger partial charge in [0.05, 0.1) is 11.3 Å². The lowest BCUT2D eigenvalue weighted by Crippen LogP contribution is -2.13. The third kappa shape index (κ3) is 4.48. The molecule has 0 fully saturated rings. The van der Waals surface area contributed by atoms with E-state index in [9.17, 15) is 4.79 Å². The van der Waals surface area contributed by atoms with Crippen molar-refractivity contribution >= 4 is 23.2 Å². The van der Waals surface area contributed by atoms with Gasteiger partial charge in [0.2, 0.25) is 0 Å². The number of nitrogens with one attached hydrogen (secondary N) is 1. The van der Waals surface area contributed by atoms with Crippen LogP contribution in [0.15, 0.2) is 54.7 Å². The van der Waals surface area contributed by atoms with Crippen LogP contribution in [0, 0.1) is 6.92 Å². The van der Waals surface area contributed by atoms with E-state index in [0.29, 0.717) is 16.3 Å². The molecule has 0 aliphatic rings. The summed E-state index contributed by atoms with van der Waals surface area (Å²) in [4.78, 5) is 12.5. The lowest BCUT2D eigenvalue weighted by atomic mass is 10.0. The monoisotopic (exact) mass is 355 g/mol. The molecule has 0 bridgehead atoms. The highest BCUT2D eigenvalue weighted by atomic mass is 35.5. The van der Waals surface area contributed by atoms with E-state index >= 15 is 0 Å². The summed E-state index contributed by atoms with van der Waals surface area (Å²) in [6.45, 7) is 5.82. The van der Waals surface area contributed by atoms with E-state index in [2.05, 4.69) is 10.4 Å². The quantitative estimate of drug-likeness (QED) is 0.690. The molecule has 0 radical (unpaired) electrons. The lowest BCUT2D eigenvalue weighted by molar-refractivity contribution is 0.102. The highest BCUT2D eigenvalue weighted by Gasteiger charge is 2.14. The second kappa shape index (κ2) is 8.49. The van der Waals surface area contributed by atoms with Crippen LogP contribution in [0.4, 0.5) is 5.69 Å². The van der Waals surface area contributed by atoms with Crippen LogP contribution in [0.3, 0.4) is 0 Å². The van der Waals surface area contributed by atoms with E-state index in [0.717, 1.165) is 16.8 Å². The maximum Gasteiger partial charge on any atom is 0.259 e. The second-order valence-corrected chi connectivity index (χ2v) is 5.74. The van der Waals surface area contributed by atoms with Crippen LogP contribution in [0.25, 0.3) is 11.1 Å². The number of aromatic nitrogens is 2. The van der Waals surface area contributed by atoms with Gasteiger partial charge in [-0.05, 0) is 30.7 Å². The zero-order chi connectivity index (χ0) is 18.4. The molecule has 0 saturated carbocycles. The van der Waals surface area contributed by atoms with Crippen molar-refractivity contribution in [1.82, 2.24) is 9.78 Å². The molecule has 3 aromatic rings. The summed E-state index contributed by atoms with van der Waals surface area (Å²) in [6, 6.07) is 15.2. The van der Waals surface area contributed by atoms with E-state index < -0.39 is 0 Å². The molecule has 0 spiro atoms. The van der Waals surface area contributed by atoms with Crippen molar-refractivity contribution in [2.45, 2.75) is 20.8 Å². The summed E-state index contributed by atoms with van der Waals surface area (Å²) >= 11 is 5.94. The van der Waals surface area contributed by atoms with Crippen molar-refractivity contribution in [3.05, 3.63) is 71.0 Å². The third-order valence-corrected chi connectivity index (χ3v) is 3.84. The maximum atomic E-state index is 12.5. The van der Waals surface area contributed by atoms with Crippen molar-refractivity contribution in [3.8, 4) is 11.1 Å². The van der Waals surface area contributed by atoms with Gasteiger partial charge in [0.1, 0.15) is 0 Å². The SMILES string of the molecule is CC.Cc1nn(C)cc1C(=O)Nc1ccccc1-c1ccc(Cl)cc1. The van der Waals surface area contributed by atoms with Gasteiger partial charge in [-0.3, -0.25) is 9.48 Å². The van der Waals surface area contributed by atoms with Gasteiger partial charge in [0.25, 0.3) is 5.91 Å². The molecule has 3 rings (SSSR count). The molecule has 25 heavy (non-hydrogen) atoms. The summed E-state index contributed by atoms with van der Waals surface area (Å²) < 4.78 is 1.63. The van der Waals surface area contributed by atoms with Crippen LogP contribution < -0.4 is 5.32 Å². The van der Waals surface area contributed by atoms with Gasteiger partial charge in [0.15, 0.2) is 0 Å². The minimum Gasteiger partial charge on any atom is -0.321 e. The van der Waals surface area contributed by atoms with E-state index in [1.165, 1.54) is 0 Å². The van der Waals surface area contributed by atoms with E-state index in [1.54, 1.807) is 17.9 Å². The molecule has 4 nitrogen and oxygen atoms in total. The molecule has 0 aliphatic carbocycles. The Hall–Kier alpha value is -2.59. The molecule has 1 aromatic heterocycles. The molecule has 0 atom stereocenters. The van der Waals surface area contributed by atoms with Crippen molar-refractivity contribution in [2.24, 2.45) is 7.05 Å². The average Bonchev–Trinajstić information content (AvgIpc) is 2.96. The Kier molecular flexibility index (Phi) is 6.37. The fourth-order valence-corrected chi connectivity index (χ4v) is 2.61. The Morgan fingerprint density at radius 2 is 1.72 bits per heavy atom. The lowest BCUT2D eigenvalue weighted by Gasteiger charge is -2.11. The Labute approximate surface area is 153 Å². The predicted octanol–water partition coefficient (Wildman–Crippen LogP) is 5.33. The predicted molar refractivity (Wildman–Crippen MR) is 104 cm³/mol. The van der Waals surface area contributed by atoms with Crippen LogP contribution in [0.1, 0.15) is 29.9 Å². The number of hydrogen-bond donors (Lipinski definition) is 1. The zero-order valence-corrected chi connectivity index (χ0v) is 15.6. The Morgan fingerprint density at radius 1 is 1.08 bits per heavy atom. The number of para-hydroxylation sites is 1. The fraction of sp³-hybridized carbons (Fsp3) is 0.200. The summed E-state index contributed by atoms with van der Waals surface area (Å²) in [5.74, 6) is -0.169. The zero-order valence-electron chi connectivity index (χ0n) is 14.9. The summed E-state index contributed by atoms with van der Waals surface area (Å²) in [5, 5.41) is 7.86. The van der Waals surface area contributed by atoms with Gasteiger partial charge in [-0.2, -0.15) is 5.10 Å². The average molecular weight is 356 g/mol. The summed E-state index contributed by atoms with van der Waals surface area (Å²) in [6.07, 6.45) is 1.72. The van der Waals surface area contributed by atoms with Crippen LogP contribution in [-0.4, -0.2) is 15.7 Å². The number of rotatable bonds is 3. The van der Waals surface area contributed by atoms with Gasteiger partial charge in [0, 0.05) is 29.5 Å². The van der Waals surface area contributed by atoms with Gasteiger partial charge < -0.3 is 5.32 Å². The van der Waals surface area contributed by atoms with Gasteiger partial charge in [-0.1, -0.05) is 55.8 Å². The molecule has 2 aromatic carbocycles. The van der Waals surface area contributed by atoms with Crippen LogP contribution in [0.5, 0.6) is 0 Å². The minimum atomic E-state index is -0.169. The van der Waals surface area contributed by atoms with E-state index in [1.807, 2.05) is 69.3 Å².